The first-order valence-electron chi connectivity index (χ1n) is 9.91. The summed E-state index contributed by atoms with van der Waals surface area (Å²) in [5.74, 6) is -0.787. The minimum atomic E-state index is -4.48. The Hall–Kier alpha value is -2.82. The molecule has 2 unspecified atom stereocenters. The van der Waals surface area contributed by atoms with Crippen LogP contribution in [0.1, 0.15) is 16.7 Å². The van der Waals surface area contributed by atoms with E-state index in [1.165, 1.54) is 12.1 Å². The predicted molar refractivity (Wildman–Crippen MR) is 115 cm³/mol. The van der Waals surface area contributed by atoms with Gasteiger partial charge in [0.25, 0.3) is 0 Å². The molecule has 0 fully saturated rings. The van der Waals surface area contributed by atoms with Crippen molar-refractivity contribution < 1.29 is 37.3 Å². The molecular formula is C22H24ClF3N2O5. The number of hydrogen-bond donors (Lipinski definition) is 3. The zero-order valence-corrected chi connectivity index (χ0v) is 18.4. The molecule has 0 saturated carbocycles. The molecular weight excluding hydrogens is 465 g/mol. The maximum absolute atomic E-state index is 12.8. The molecule has 2 aromatic rings. The van der Waals surface area contributed by atoms with Crippen LogP contribution < -0.4 is 14.9 Å². The molecule has 2 rings (SSSR count). The first-order valence-corrected chi connectivity index (χ1v) is 10.3. The van der Waals surface area contributed by atoms with Gasteiger partial charge >= 0.3 is 12.1 Å². The highest BCUT2D eigenvalue weighted by atomic mass is 35.5. The van der Waals surface area contributed by atoms with Crippen LogP contribution in [0.4, 0.5) is 13.2 Å². The molecule has 0 heterocycles. The third-order valence-corrected chi connectivity index (χ3v) is 4.96. The third-order valence-electron chi connectivity index (χ3n) is 4.69. The number of methoxy groups -OCH3 is 1. The molecule has 0 saturated heterocycles. The zero-order valence-electron chi connectivity index (χ0n) is 17.7. The third kappa shape index (κ3) is 8.23. The summed E-state index contributed by atoms with van der Waals surface area (Å²) in [4.78, 5) is 27.3. The van der Waals surface area contributed by atoms with E-state index in [4.69, 9.17) is 26.4 Å². The zero-order chi connectivity index (χ0) is 24.4. The summed E-state index contributed by atoms with van der Waals surface area (Å²) in [6.45, 7) is 0.0372. The Balaban J connectivity index is 2.05. The number of esters is 1. The first kappa shape index (κ1) is 26.4. The fourth-order valence-corrected chi connectivity index (χ4v) is 3.15. The lowest BCUT2D eigenvalue weighted by Gasteiger charge is -2.21. The van der Waals surface area contributed by atoms with Crippen LogP contribution >= 0.6 is 11.8 Å². The van der Waals surface area contributed by atoms with E-state index in [2.05, 4.69) is 10.2 Å². The van der Waals surface area contributed by atoms with E-state index >= 15 is 0 Å². The summed E-state index contributed by atoms with van der Waals surface area (Å²) in [6, 6.07) is 9.06. The average molecular weight is 489 g/mol. The fourth-order valence-electron chi connectivity index (χ4n) is 2.98. The molecule has 2 atom stereocenters. The van der Waals surface area contributed by atoms with Crippen LogP contribution in [0.5, 0.6) is 5.75 Å². The van der Waals surface area contributed by atoms with E-state index in [-0.39, 0.29) is 26.1 Å². The number of rotatable bonds is 11. The Morgan fingerprint density at radius 1 is 1.00 bits per heavy atom. The Morgan fingerprint density at radius 3 is 2.03 bits per heavy atom. The van der Waals surface area contributed by atoms with Crippen LogP contribution in [-0.2, 0) is 33.3 Å². The van der Waals surface area contributed by atoms with E-state index in [0.29, 0.717) is 11.3 Å². The molecule has 7 nitrogen and oxygen atoms in total. The summed E-state index contributed by atoms with van der Waals surface area (Å²) in [6.07, 6.45) is -4.36. The van der Waals surface area contributed by atoms with Gasteiger partial charge in [0.15, 0.2) is 0 Å². The lowest BCUT2D eigenvalue weighted by Crippen LogP contribution is -2.50. The minimum absolute atomic E-state index is 0.0670. The summed E-state index contributed by atoms with van der Waals surface area (Å²) >= 11 is 5.74. The molecule has 0 aliphatic heterocycles. The molecule has 180 valence electrons. The number of ether oxygens (including phenoxy) is 2. The molecule has 33 heavy (non-hydrogen) atoms. The predicted octanol–water partition coefficient (Wildman–Crippen LogP) is 2.63. The Bertz CT molecular complexity index is 908. The lowest BCUT2D eigenvalue weighted by molar-refractivity contribution is -0.145. The molecule has 1 amide bonds. The number of nitrogens with one attached hydrogen (secondary N) is 2. The van der Waals surface area contributed by atoms with E-state index in [9.17, 15) is 22.8 Å². The van der Waals surface area contributed by atoms with Gasteiger partial charge in [-0.2, -0.15) is 13.2 Å². The van der Waals surface area contributed by atoms with Crippen LogP contribution in [0, 0.1) is 0 Å². The van der Waals surface area contributed by atoms with Gasteiger partial charge in [-0.05, 0) is 53.6 Å². The van der Waals surface area contributed by atoms with Gasteiger partial charge in [-0.1, -0.05) is 24.3 Å². The highest BCUT2D eigenvalue weighted by Gasteiger charge is 2.31. The largest absolute Gasteiger partial charge is 0.491 e. The second kappa shape index (κ2) is 12.4. The quantitative estimate of drug-likeness (QED) is 0.332. The van der Waals surface area contributed by atoms with Gasteiger partial charge in [-0.25, -0.2) is 9.63 Å². The fraction of sp³-hybridized carbons (Fsp3) is 0.364. The highest BCUT2D eigenvalue weighted by molar-refractivity contribution is 6.15. The standard InChI is InChI=1S/C22H24ClF3N2O5/c1-32-21(31)19(13-14-2-6-16(7-3-14)22(24,25)26)27-20(30)18(28-23)12-15-4-8-17(9-5-15)33-11-10-29/h2-9,18-19,28-29H,10-13H2,1H3,(H,27,30). The summed E-state index contributed by atoms with van der Waals surface area (Å²) in [5, 5.41) is 11.3. The van der Waals surface area contributed by atoms with Gasteiger partial charge in [0.2, 0.25) is 5.91 Å². The van der Waals surface area contributed by atoms with Crippen molar-refractivity contribution in [2.24, 2.45) is 0 Å². The van der Waals surface area contributed by atoms with E-state index in [1.807, 2.05) is 0 Å². The number of aliphatic hydroxyl groups is 1. The van der Waals surface area contributed by atoms with Gasteiger partial charge in [-0.15, -0.1) is 0 Å². The maximum Gasteiger partial charge on any atom is 0.416 e. The van der Waals surface area contributed by atoms with Crippen molar-refractivity contribution in [1.82, 2.24) is 10.2 Å². The van der Waals surface area contributed by atoms with Crippen LogP contribution in [0.2, 0.25) is 0 Å². The SMILES string of the molecule is COC(=O)C(Cc1ccc(C(F)(F)F)cc1)NC(=O)C(Cc1ccc(OCCO)cc1)NCl. The number of benzene rings is 2. The van der Waals surface area contributed by atoms with Gasteiger partial charge in [-0.3, -0.25) is 4.79 Å². The Morgan fingerprint density at radius 2 is 1.55 bits per heavy atom. The van der Waals surface area contributed by atoms with Gasteiger partial charge in [0.05, 0.1) is 19.3 Å². The number of carbonyl (C=O) groups excluding carboxylic acids is 2. The summed E-state index contributed by atoms with van der Waals surface area (Å²) in [7, 11) is 1.14. The van der Waals surface area contributed by atoms with Crippen LogP contribution in [-0.4, -0.2) is 49.4 Å². The summed E-state index contributed by atoms with van der Waals surface area (Å²) in [5.41, 5.74) is 0.341. The number of hydrogen-bond acceptors (Lipinski definition) is 6. The highest BCUT2D eigenvalue weighted by Crippen LogP contribution is 2.29. The maximum atomic E-state index is 12.8. The van der Waals surface area contributed by atoms with Crippen molar-refractivity contribution in [3.05, 3.63) is 65.2 Å². The molecule has 2 aromatic carbocycles. The van der Waals surface area contributed by atoms with Crippen LogP contribution in [0.15, 0.2) is 48.5 Å². The topological polar surface area (TPSA) is 96.9 Å². The van der Waals surface area contributed by atoms with Gasteiger partial charge in [0.1, 0.15) is 24.4 Å². The second-order valence-electron chi connectivity index (χ2n) is 7.06. The van der Waals surface area contributed by atoms with Crippen molar-refractivity contribution >= 4 is 23.7 Å². The normalized spacial score (nSPS) is 13.2. The smallest absolute Gasteiger partial charge is 0.416 e. The molecule has 0 aliphatic rings. The number of amides is 1. The van der Waals surface area contributed by atoms with E-state index in [1.54, 1.807) is 24.3 Å². The second-order valence-corrected chi connectivity index (χ2v) is 7.28. The number of halogens is 4. The molecule has 0 spiro atoms. The monoisotopic (exact) mass is 488 g/mol. The molecule has 0 aliphatic carbocycles. The summed E-state index contributed by atoms with van der Waals surface area (Å²) < 4.78 is 48.3. The Labute approximate surface area is 193 Å². The Kier molecular flexibility index (Phi) is 9.95. The average Bonchev–Trinajstić information content (AvgIpc) is 2.80. The van der Waals surface area contributed by atoms with Gasteiger partial charge in [0, 0.05) is 6.42 Å². The lowest BCUT2D eigenvalue weighted by atomic mass is 10.0. The molecule has 11 heteroatoms. The van der Waals surface area contributed by atoms with Crippen LogP contribution in [0.3, 0.4) is 0 Å². The number of alkyl halides is 3. The molecule has 0 aromatic heterocycles. The van der Waals surface area contributed by atoms with Crippen molar-refractivity contribution in [1.29, 1.82) is 0 Å². The van der Waals surface area contributed by atoms with Crippen molar-refractivity contribution in [2.75, 3.05) is 20.3 Å². The molecule has 0 radical (unpaired) electrons. The number of aliphatic hydroxyl groups excluding tert-OH is 1. The molecule has 3 N–H and O–H groups in total. The molecule has 0 bridgehead atoms. The van der Waals surface area contributed by atoms with Crippen molar-refractivity contribution in [2.45, 2.75) is 31.1 Å². The van der Waals surface area contributed by atoms with Crippen molar-refractivity contribution in [3.8, 4) is 5.75 Å². The van der Waals surface area contributed by atoms with E-state index in [0.717, 1.165) is 24.8 Å². The minimum Gasteiger partial charge on any atom is -0.491 e. The first-order chi connectivity index (χ1) is 15.7. The van der Waals surface area contributed by atoms with Gasteiger partial charge < -0.3 is 19.9 Å². The van der Waals surface area contributed by atoms with Crippen LogP contribution in [0.25, 0.3) is 0 Å². The number of carbonyl (C=O) groups is 2. The van der Waals surface area contributed by atoms with E-state index < -0.39 is 35.7 Å². The van der Waals surface area contributed by atoms with Crippen molar-refractivity contribution in [3.63, 3.8) is 0 Å².